The van der Waals surface area contributed by atoms with Crippen LogP contribution in [0.3, 0.4) is 0 Å². The lowest BCUT2D eigenvalue weighted by Gasteiger charge is -2.20. The lowest BCUT2D eigenvalue weighted by Crippen LogP contribution is -2.24. The predicted molar refractivity (Wildman–Crippen MR) is 109 cm³/mol. The summed E-state index contributed by atoms with van der Waals surface area (Å²) in [4.78, 5) is 32.2. The molecule has 0 radical (unpaired) electrons. The molecule has 10 nitrogen and oxygen atoms in total. The van der Waals surface area contributed by atoms with E-state index in [0.29, 0.717) is 17.0 Å². The summed E-state index contributed by atoms with van der Waals surface area (Å²) in [6.45, 7) is 5.44. The van der Waals surface area contributed by atoms with Gasteiger partial charge in [-0.25, -0.2) is 9.59 Å². The Hall–Kier alpha value is -3.82. The standard InChI is InChI=1S/C12H17NO3.C8H7NO5/c1-12(2,3)16-11(14)9-6-5-8(13)7-10(9)15-4;1-14-7-4-5(9(12)13)2-3-6(7)8(10)11/h5-7H,13H2,1-4H3;2-4H,1H3,(H,10,11). The molecule has 0 aliphatic heterocycles. The van der Waals surface area contributed by atoms with E-state index in [0.717, 1.165) is 18.2 Å². The second kappa shape index (κ2) is 10.1. The first kappa shape index (κ1) is 24.2. The van der Waals surface area contributed by atoms with Gasteiger partial charge in [0.15, 0.2) is 0 Å². The number of hydrogen-bond donors (Lipinski definition) is 2. The molecule has 0 saturated carbocycles. The molecule has 0 unspecified atom stereocenters. The summed E-state index contributed by atoms with van der Waals surface area (Å²) in [7, 11) is 2.74. The first-order valence-electron chi connectivity index (χ1n) is 8.62. The van der Waals surface area contributed by atoms with E-state index >= 15 is 0 Å². The van der Waals surface area contributed by atoms with Gasteiger partial charge in [0, 0.05) is 17.8 Å². The van der Waals surface area contributed by atoms with E-state index in [9.17, 15) is 19.7 Å². The molecule has 30 heavy (non-hydrogen) atoms. The average molecular weight is 420 g/mol. The van der Waals surface area contributed by atoms with Crippen LogP contribution in [0.25, 0.3) is 0 Å². The molecule has 2 rings (SSSR count). The van der Waals surface area contributed by atoms with Gasteiger partial charge in [-0.05, 0) is 39.0 Å². The van der Waals surface area contributed by atoms with E-state index in [4.69, 9.17) is 25.1 Å². The number of rotatable bonds is 5. The van der Waals surface area contributed by atoms with Gasteiger partial charge < -0.3 is 25.1 Å². The van der Waals surface area contributed by atoms with Crippen LogP contribution in [0.4, 0.5) is 11.4 Å². The summed E-state index contributed by atoms with van der Waals surface area (Å²) in [5, 5.41) is 19.0. The maximum atomic E-state index is 11.8. The Morgan fingerprint density at radius 3 is 2.00 bits per heavy atom. The zero-order valence-electron chi connectivity index (χ0n) is 17.3. The number of nitrogen functional groups attached to an aromatic ring is 1. The van der Waals surface area contributed by atoms with E-state index in [-0.39, 0.29) is 17.0 Å². The van der Waals surface area contributed by atoms with E-state index in [1.54, 1.807) is 18.2 Å². The van der Waals surface area contributed by atoms with Crippen molar-refractivity contribution < 1.29 is 33.8 Å². The monoisotopic (exact) mass is 420 g/mol. The number of carboxylic acid groups (broad SMARTS) is 1. The van der Waals surface area contributed by atoms with Gasteiger partial charge in [-0.15, -0.1) is 0 Å². The molecule has 0 bridgehead atoms. The van der Waals surface area contributed by atoms with Gasteiger partial charge in [-0.3, -0.25) is 10.1 Å². The molecule has 162 valence electrons. The van der Waals surface area contributed by atoms with Crippen LogP contribution in [0, 0.1) is 10.1 Å². The number of non-ortho nitro benzene ring substituents is 1. The van der Waals surface area contributed by atoms with E-state index < -0.39 is 22.5 Å². The quantitative estimate of drug-likeness (QED) is 0.320. The number of anilines is 1. The molecule has 0 fully saturated rings. The van der Waals surface area contributed by atoms with Gasteiger partial charge in [0.05, 0.1) is 25.2 Å². The van der Waals surface area contributed by atoms with Crippen molar-refractivity contribution >= 4 is 23.3 Å². The second-order valence-corrected chi connectivity index (χ2v) is 6.91. The lowest BCUT2D eigenvalue weighted by molar-refractivity contribution is -0.384. The van der Waals surface area contributed by atoms with Crippen molar-refractivity contribution in [1.82, 2.24) is 0 Å². The van der Waals surface area contributed by atoms with Crippen molar-refractivity contribution in [2.75, 3.05) is 20.0 Å². The van der Waals surface area contributed by atoms with Crippen LogP contribution in [0.15, 0.2) is 36.4 Å². The second-order valence-electron chi connectivity index (χ2n) is 6.91. The van der Waals surface area contributed by atoms with Crippen molar-refractivity contribution in [3.63, 3.8) is 0 Å². The van der Waals surface area contributed by atoms with Crippen molar-refractivity contribution in [2.24, 2.45) is 0 Å². The summed E-state index contributed by atoms with van der Waals surface area (Å²) < 4.78 is 15.0. The normalized spacial score (nSPS) is 10.3. The van der Waals surface area contributed by atoms with Crippen LogP contribution in [0.5, 0.6) is 11.5 Å². The van der Waals surface area contributed by atoms with Gasteiger partial charge in [-0.1, -0.05) is 0 Å². The third-order valence-electron chi connectivity index (χ3n) is 3.47. The smallest absolute Gasteiger partial charge is 0.342 e. The minimum atomic E-state index is -1.18. The first-order valence-corrected chi connectivity index (χ1v) is 8.62. The molecule has 2 aromatic rings. The molecule has 0 heterocycles. The van der Waals surface area contributed by atoms with Crippen LogP contribution in [-0.4, -0.2) is 41.8 Å². The summed E-state index contributed by atoms with van der Waals surface area (Å²) in [5.41, 5.74) is 5.70. The lowest BCUT2D eigenvalue weighted by atomic mass is 10.1. The summed E-state index contributed by atoms with van der Waals surface area (Å²) in [6.07, 6.45) is 0. The number of nitro groups is 1. The molecule has 0 spiro atoms. The third-order valence-corrected chi connectivity index (χ3v) is 3.47. The molecule has 0 aliphatic rings. The Balaban J connectivity index is 0.000000303. The van der Waals surface area contributed by atoms with E-state index in [1.807, 2.05) is 20.8 Å². The maximum Gasteiger partial charge on any atom is 0.342 e. The van der Waals surface area contributed by atoms with Crippen LogP contribution in [-0.2, 0) is 4.74 Å². The highest BCUT2D eigenvalue weighted by Crippen LogP contribution is 2.25. The van der Waals surface area contributed by atoms with Gasteiger partial charge >= 0.3 is 11.9 Å². The van der Waals surface area contributed by atoms with E-state index in [1.165, 1.54) is 14.2 Å². The minimum Gasteiger partial charge on any atom is -0.496 e. The zero-order chi connectivity index (χ0) is 23.1. The number of methoxy groups -OCH3 is 2. The van der Waals surface area contributed by atoms with Gasteiger partial charge in [0.1, 0.15) is 28.2 Å². The number of esters is 1. The molecule has 0 amide bonds. The van der Waals surface area contributed by atoms with Crippen LogP contribution in [0.2, 0.25) is 0 Å². The number of carbonyl (C=O) groups excluding carboxylic acids is 1. The average Bonchev–Trinajstić information content (AvgIpc) is 2.66. The third kappa shape index (κ3) is 6.97. The number of aromatic carboxylic acids is 1. The highest BCUT2D eigenvalue weighted by atomic mass is 16.6. The first-order chi connectivity index (χ1) is 13.9. The van der Waals surface area contributed by atoms with E-state index in [2.05, 4.69) is 0 Å². The molecular weight excluding hydrogens is 396 g/mol. The number of carbonyl (C=O) groups is 2. The number of hydrogen-bond acceptors (Lipinski definition) is 8. The predicted octanol–water partition coefficient (Wildman–Crippen LogP) is 3.53. The fourth-order valence-corrected chi connectivity index (χ4v) is 2.18. The molecule has 0 aromatic heterocycles. The Bertz CT molecular complexity index is 935. The Morgan fingerprint density at radius 1 is 1.00 bits per heavy atom. The van der Waals surface area contributed by atoms with Crippen molar-refractivity contribution in [3.8, 4) is 11.5 Å². The van der Waals surface area contributed by atoms with Crippen molar-refractivity contribution in [1.29, 1.82) is 0 Å². The highest BCUT2D eigenvalue weighted by molar-refractivity contribution is 5.93. The zero-order valence-corrected chi connectivity index (χ0v) is 17.3. The number of nitro benzene ring substituents is 1. The molecule has 3 N–H and O–H groups in total. The Kier molecular flexibility index (Phi) is 8.15. The maximum absolute atomic E-state index is 11.8. The van der Waals surface area contributed by atoms with Crippen molar-refractivity contribution in [3.05, 3.63) is 57.6 Å². The van der Waals surface area contributed by atoms with Crippen LogP contribution >= 0.6 is 0 Å². The minimum absolute atomic E-state index is 0.0216. The molecule has 0 saturated heterocycles. The summed E-state index contributed by atoms with van der Waals surface area (Å²) >= 11 is 0. The van der Waals surface area contributed by atoms with Crippen LogP contribution < -0.4 is 15.2 Å². The fraction of sp³-hybridized carbons (Fsp3) is 0.300. The SMILES string of the molecule is COc1cc(N)ccc1C(=O)OC(C)(C)C.COc1cc([N+](=O)[O-])ccc1C(=O)O. The Morgan fingerprint density at radius 2 is 1.53 bits per heavy atom. The molecular formula is C20H24N2O8. The van der Waals surface area contributed by atoms with Gasteiger partial charge in [0.2, 0.25) is 0 Å². The number of nitrogens with zero attached hydrogens (tertiary/aromatic N) is 1. The molecule has 0 atom stereocenters. The highest BCUT2D eigenvalue weighted by Gasteiger charge is 2.21. The fourth-order valence-electron chi connectivity index (χ4n) is 2.18. The van der Waals surface area contributed by atoms with Gasteiger partial charge in [0.25, 0.3) is 5.69 Å². The largest absolute Gasteiger partial charge is 0.496 e. The number of carboxylic acids is 1. The summed E-state index contributed by atoms with van der Waals surface area (Å²) in [5.74, 6) is -1.19. The topological polar surface area (TPSA) is 151 Å². The summed E-state index contributed by atoms with van der Waals surface area (Å²) in [6, 6.07) is 8.16. The number of nitrogens with two attached hydrogens (primary N) is 1. The molecule has 10 heteroatoms. The molecule has 0 aliphatic carbocycles. The van der Waals surface area contributed by atoms with Crippen molar-refractivity contribution in [2.45, 2.75) is 26.4 Å². The van der Waals surface area contributed by atoms with Crippen LogP contribution in [0.1, 0.15) is 41.5 Å². The number of benzene rings is 2. The Labute approximate surface area is 173 Å². The number of ether oxygens (including phenoxy) is 3. The molecule has 2 aromatic carbocycles. The van der Waals surface area contributed by atoms with Gasteiger partial charge in [-0.2, -0.15) is 0 Å².